The van der Waals surface area contributed by atoms with Crippen LogP contribution in [0, 0.1) is 0 Å². The zero-order valence-electron chi connectivity index (χ0n) is 16.4. The van der Waals surface area contributed by atoms with Crippen molar-refractivity contribution in [1.29, 1.82) is 0 Å². The molecule has 0 aromatic heterocycles. The van der Waals surface area contributed by atoms with E-state index in [0.29, 0.717) is 23.4 Å². The van der Waals surface area contributed by atoms with E-state index in [2.05, 4.69) is 0 Å². The first kappa shape index (κ1) is 19.9. The van der Waals surface area contributed by atoms with Gasteiger partial charge in [-0.1, -0.05) is 18.2 Å². The fourth-order valence-electron chi connectivity index (χ4n) is 3.48. The number of methoxy groups -OCH3 is 3. The summed E-state index contributed by atoms with van der Waals surface area (Å²) in [7, 11) is 4.53. The molecule has 6 heteroatoms. The van der Waals surface area contributed by atoms with Crippen LogP contribution >= 0.6 is 0 Å². The molecule has 1 heterocycles. The second-order valence-corrected chi connectivity index (χ2v) is 6.74. The van der Waals surface area contributed by atoms with Crippen molar-refractivity contribution in [2.45, 2.75) is 18.9 Å². The smallest absolute Gasteiger partial charge is 0.341 e. The third kappa shape index (κ3) is 4.17. The number of carbonyl (C=O) groups excluding carboxylic acids is 2. The summed E-state index contributed by atoms with van der Waals surface area (Å²) in [5.74, 6) is -0.0214. The Morgan fingerprint density at radius 2 is 1.82 bits per heavy atom. The Labute approximate surface area is 165 Å². The largest absolute Gasteiger partial charge is 0.496 e. The van der Waals surface area contributed by atoms with Crippen molar-refractivity contribution in [3.63, 3.8) is 0 Å². The highest BCUT2D eigenvalue weighted by atomic mass is 16.5. The van der Waals surface area contributed by atoms with Gasteiger partial charge < -0.3 is 19.1 Å². The van der Waals surface area contributed by atoms with Gasteiger partial charge in [-0.15, -0.1) is 0 Å². The van der Waals surface area contributed by atoms with E-state index in [4.69, 9.17) is 14.2 Å². The van der Waals surface area contributed by atoms with Crippen LogP contribution in [0.5, 0.6) is 5.75 Å². The Bertz CT molecular complexity index is 864. The summed E-state index contributed by atoms with van der Waals surface area (Å²) in [5, 5.41) is 0. The van der Waals surface area contributed by atoms with Gasteiger partial charge in [-0.2, -0.15) is 0 Å². The zero-order chi connectivity index (χ0) is 20.1. The molecule has 3 rings (SSSR count). The second kappa shape index (κ2) is 8.89. The number of esters is 1. The number of ether oxygens (including phenoxy) is 3. The summed E-state index contributed by atoms with van der Waals surface area (Å²) in [4.78, 5) is 26.6. The molecule has 1 atom stereocenters. The van der Waals surface area contributed by atoms with E-state index >= 15 is 0 Å². The molecule has 1 fully saturated rings. The number of carbonyl (C=O) groups is 2. The minimum absolute atomic E-state index is 0.00162. The van der Waals surface area contributed by atoms with Crippen molar-refractivity contribution in [1.82, 2.24) is 4.90 Å². The minimum Gasteiger partial charge on any atom is -0.496 e. The van der Waals surface area contributed by atoms with Gasteiger partial charge in [0.05, 0.1) is 20.3 Å². The highest BCUT2D eigenvalue weighted by Crippen LogP contribution is 2.29. The third-order valence-corrected chi connectivity index (χ3v) is 5.05. The molecule has 6 nitrogen and oxygen atoms in total. The molecule has 0 aliphatic carbocycles. The fraction of sp³-hybridized carbons (Fsp3) is 0.364. The average Bonchev–Trinajstić information content (AvgIpc) is 2.77. The highest BCUT2D eigenvalue weighted by molar-refractivity contribution is 5.96. The van der Waals surface area contributed by atoms with E-state index in [1.165, 1.54) is 14.2 Å². The average molecular weight is 383 g/mol. The van der Waals surface area contributed by atoms with Crippen LogP contribution in [-0.4, -0.2) is 57.3 Å². The van der Waals surface area contributed by atoms with E-state index in [1.54, 1.807) is 19.2 Å². The Morgan fingerprint density at radius 1 is 1.04 bits per heavy atom. The third-order valence-electron chi connectivity index (χ3n) is 5.05. The Morgan fingerprint density at radius 3 is 2.54 bits per heavy atom. The fourth-order valence-corrected chi connectivity index (χ4v) is 3.48. The van der Waals surface area contributed by atoms with Crippen molar-refractivity contribution in [3.05, 3.63) is 53.6 Å². The van der Waals surface area contributed by atoms with Crippen LogP contribution in [0.1, 0.15) is 33.6 Å². The van der Waals surface area contributed by atoms with Crippen LogP contribution in [-0.2, 0) is 9.47 Å². The van der Waals surface area contributed by atoms with Crippen LogP contribution in [0.2, 0.25) is 0 Å². The Balaban J connectivity index is 1.87. The minimum atomic E-state index is -0.454. The lowest BCUT2D eigenvalue weighted by Gasteiger charge is -2.32. The van der Waals surface area contributed by atoms with Gasteiger partial charge in [-0.3, -0.25) is 4.79 Å². The van der Waals surface area contributed by atoms with Crippen LogP contribution in [0.25, 0.3) is 11.1 Å². The van der Waals surface area contributed by atoms with E-state index in [-0.39, 0.29) is 12.0 Å². The molecule has 1 aliphatic rings. The van der Waals surface area contributed by atoms with Crippen molar-refractivity contribution < 1.29 is 23.8 Å². The summed E-state index contributed by atoms with van der Waals surface area (Å²) < 4.78 is 15.5. The highest BCUT2D eigenvalue weighted by Gasteiger charge is 2.24. The van der Waals surface area contributed by atoms with Gasteiger partial charge in [0.1, 0.15) is 11.3 Å². The van der Waals surface area contributed by atoms with Crippen molar-refractivity contribution in [2.24, 2.45) is 0 Å². The first-order chi connectivity index (χ1) is 13.6. The number of hydrogen-bond donors (Lipinski definition) is 0. The summed E-state index contributed by atoms with van der Waals surface area (Å²) in [6.45, 7) is 1.35. The topological polar surface area (TPSA) is 65.1 Å². The van der Waals surface area contributed by atoms with Gasteiger partial charge in [0, 0.05) is 25.8 Å². The predicted molar refractivity (Wildman–Crippen MR) is 106 cm³/mol. The molecule has 0 spiro atoms. The molecule has 1 saturated heterocycles. The molecule has 2 aromatic rings. The second-order valence-electron chi connectivity index (χ2n) is 6.74. The molecule has 148 valence electrons. The predicted octanol–water partition coefficient (Wildman–Crippen LogP) is 3.40. The number of nitrogens with zero attached hydrogens (tertiary/aromatic N) is 1. The number of likely N-dealkylation sites (tertiary alicyclic amines) is 1. The van der Waals surface area contributed by atoms with Gasteiger partial charge in [-0.25, -0.2) is 4.79 Å². The number of amides is 1. The Hall–Kier alpha value is -2.86. The normalized spacial score (nSPS) is 16.5. The van der Waals surface area contributed by atoms with Crippen LogP contribution in [0.3, 0.4) is 0 Å². The lowest BCUT2D eigenvalue weighted by molar-refractivity contribution is 0.0269. The lowest BCUT2D eigenvalue weighted by Crippen LogP contribution is -2.42. The van der Waals surface area contributed by atoms with E-state index in [0.717, 1.165) is 30.5 Å². The first-order valence-electron chi connectivity index (χ1n) is 9.26. The van der Waals surface area contributed by atoms with Crippen molar-refractivity contribution in [3.8, 4) is 16.9 Å². The maximum absolute atomic E-state index is 12.9. The van der Waals surface area contributed by atoms with Crippen molar-refractivity contribution in [2.75, 3.05) is 34.4 Å². The molecule has 1 amide bonds. The van der Waals surface area contributed by atoms with Crippen molar-refractivity contribution >= 4 is 11.9 Å². The number of piperidine rings is 1. The van der Waals surface area contributed by atoms with E-state index < -0.39 is 5.97 Å². The SMILES string of the molecule is COC(=O)c1ccc(-c2cccc(C(=O)N3CCC[C@@H](OC)C3)c2)cc1OC. The van der Waals surface area contributed by atoms with Gasteiger partial charge in [0.15, 0.2) is 0 Å². The number of benzene rings is 2. The molecule has 0 radical (unpaired) electrons. The summed E-state index contributed by atoms with van der Waals surface area (Å²) >= 11 is 0. The standard InChI is InChI=1S/C22H25NO5/c1-26-18-8-5-11-23(14-18)21(24)17-7-4-6-15(12-17)16-9-10-19(22(25)28-3)20(13-16)27-2/h4,6-7,9-10,12-13,18H,5,8,11,14H2,1-3H3/t18-/m1/s1. The molecule has 1 aliphatic heterocycles. The van der Waals surface area contributed by atoms with Gasteiger partial charge in [0.25, 0.3) is 5.91 Å². The van der Waals surface area contributed by atoms with Gasteiger partial charge in [0.2, 0.25) is 0 Å². The maximum Gasteiger partial charge on any atom is 0.341 e. The van der Waals surface area contributed by atoms with Crippen LogP contribution < -0.4 is 4.74 Å². The quantitative estimate of drug-likeness (QED) is 0.741. The van der Waals surface area contributed by atoms with Gasteiger partial charge >= 0.3 is 5.97 Å². The molecular formula is C22H25NO5. The molecule has 0 unspecified atom stereocenters. The van der Waals surface area contributed by atoms with Gasteiger partial charge in [-0.05, 0) is 48.2 Å². The van der Waals surface area contributed by atoms with Crippen LogP contribution in [0.4, 0.5) is 0 Å². The molecule has 2 aromatic carbocycles. The monoisotopic (exact) mass is 383 g/mol. The van der Waals surface area contributed by atoms with E-state index in [9.17, 15) is 9.59 Å². The molecule has 28 heavy (non-hydrogen) atoms. The summed E-state index contributed by atoms with van der Waals surface area (Å²) in [6.07, 6.45) is 2.01. The number of hydrogen-bond acceptors (Lipinski definition) is 5. The maximum atomic E-state index is 12.9. The number of rotatable bonds is 5. The summed E-state index contributed by atoms with van der Waals surface area (Å²) in [6, 6.07) is 12.7. The Kier molecular flexibility index (Phi) is 6.31. The molecular weight excluding hydrogens is 358 g/mol. The molecule has 0 saturated carbocycles. The first-order valence-corrected chi connectivity index (χ1v) is 9.26. The van der Waals surface area contributed by atoms with Crippen LogP contribution in [0.15, 0.2) is 42.5 Å². The lowest BCUT2D eigenvalue weighted by atomic mass is 10.00. The van der Waals surface area contributed by atoms with E-state index in [1.807, 2.05) is 35.2 Å². The summed E-state index contributed by atoms with van der Waals surface area (Å²) in [5.41, 5.74) is 2.72. The molecule has 0 N–H and O–H groups in total. The molecule has 0 bridgehead atoms. The zero-order valence-corrected chi connectivity index (χ0v) is 16.4.